The van der Waals surface area contributed by atoms with E-state index in [2.05, 4.69) is 35.2 Å². The zero-order chi connectivity index (χ0) is 27.4. The molecule has 0 bridgehead atoms. The molecular formula is C29H38N4O4S. The smallest absolute Gasteiger partial charge is 0.326 e. The number of amides is 2. The number of carbonyl (C=O) groups excluding carboxylic acids is 2. The molecule has 3 heterocycles. The van der Waals surface area contributed by atoms with Gasteiger partial charge in [0.15, 0.2) is 0 Å². The van der Waals surface area contributed by atoms with Crippen LogP contribution in [0.1, 0.15) is 86.9 Å². The number of hydrogen-bond donors (Lipinski definition) is 2. The zero-order valence-corrected chi connectivity index (χ0v) is 23.5. The number of likely N-dealkylation sites (tertiary alicyclic amines) is 1. The Morgan fingerprint density at radius 2 is 1.95 bits per heavy atom. The summed E-state index contributed by atoms with van der Waals surface area (Å²) in [6.45, 7) is 8.72. The van der Waals surface area contributed by atoms with Gasteiger partial charge in [-0.25, -0.2) is 9.78 Å². The number of rotatable bonds is 11. The van der Waals surface area contributed by atoms with Crippen molar-refractivity contribution in [3.05, 3.63) is 52.0 Å². The number of nitrogens with one attached hydrogen (secondary N) is 1. The highest BCUT2D eigenvalue weighted by Crippen LogP contribution is 2.29. The van der Waals surface area contributed by atoms with E-state index in [-0.39, 0.29) is 17.7 Å². The fraction of sp³-hybridized carbons (Fsp3) is 0.517. The molecule has 1 aromatic carbocycles. The van der Waals surface area contributed by atoms with E-state index in [1.807, 2.05) is 26.0 Å². The average Bonchev–Trinajstić information content (AvgIpc) is 3.64. The lowest BCUT2D eigenvalue weighted by Crippen LogP contribution is -2.52. The third-order valence-corrected chi connectivity index (χ3v) is 8.25. The molecule has 2 aromatic heterocycles. The Labute approximate surface area is 228 Å². The molecule has 2 atom stereocenters. The minimum Gasteiger partial charge on any atom is -0.480 e. The van der Waals surface area contributed by atoms with Crippen molar-refractivity contribution in [3.63, 3.8) is 0 Å². The van der Waals surface area contributed by atoms with Gasteiger partial charge in [0.2, 0.25) is 5.91 Å². The largest absolute Gasteiger partial charge is 0.480 e. The fourth-order valence-corrected chi connectivity index (χ4v) is 6.17. The number of hydrogen-bond acceptors (Lipinski definition) is 5. The van der Waals surface area contributed by atoms with Gasteiger partial charge in [0.25, 0.3) is 5.91 Å². The van der Waals surface area contributed by atoms with Crippen LogP contribution in [0, 0.1) is 5.92 Å². The van der Waals surface area contributed by atoms with Gasteiger partial charge in [-0.15, -0.1) is 11.3 Å². The van der Waals surface area contributed by atoms with Crippen LogP contribution in [0.2, 0.25) is 0 Å². The second-order valence-corrected chi connectivity index (χ2v) is 11.5. The van der Waals surface area contributed by atoms with Crippen molar-refractivity contribution >= 4 is 40.2 Å². The highest BCUT2D eigenvalue weighted by atomic mass is 32.1. The molecule has 2 amide bonds. The first kappa shape index (κ1) is 27.8. The van der Waals surface area contributed by atoms with Gasteiger partial charge in [-0.05, 0) is 67.7 Å². The molecule has 3 aromatic rings. The first-order valence-corrected chi connectivity index (χ1v) is 14.5. The third-order valence-electron chi connectivity index (χ3n) is 7.38. The van der Waals surface area contributed by atoms with Crippen LogP contribution in [0.4, 0.5) is 0 Å². The first-order valence-electron chi connectivity index (χ1n) is 13.6. The van der Waals surface area contributed by atoms with Crippen LogP contribution < -0.4 is 5.32 Å². The van der Waals surface area contributed by atoms with Crippen molar-refractivity contribution in [2.45, 2.75) is 84.3 Å². The maximum Gasteiger partial charge on any atom is 0.326 e. The molecule has 1 aliphatic heterocycles. The van der Waals surface area contributed by atoms with E-state index < -0.39 is 18.1 Å². The summed E-state index contributed by atoms with van der Waals surface area (Å²) in [7, 11) is 0. The summed E-state index contributed by atoms with van der Waals surface area (Å²) < 4.78 is 2.31. The molecule has 1 saturated heterocycles. The first-order chi connectivity index (χ1) is 18.2. The number of carbonyl (C=O) groups is 3. The van der Waals surface area contributed by atoms with E-state index in [9.17, 15) is 19.5 Å². The van der Waals surface area contributed by atoms with Crippen molar-refractivity contribution in [1.29, 1.82) is 0 Å². The Bertz CT molecular complexity index is 1280. The molecule has 0 aliphatic carbocycles. The molecule has 8 nitrogen and oxygen atoms in total. The number of imidazole rings is 1. The van der Waals surface area contributed by atoms with Gasteiger partial charge in [-0.2, -0.15) is 0 Å². The molecule has 2 N–H and O–H groups in total. The van der Waals surface area contributed by atoms with Crippen LogP contribution in [-0.2, 0) is 16.0 Å². The normalized spacial score (nSPS) is 16.5. The number of aromatic nitrogens is 2. The molecule has 1 aliphatic rings. The van der Waals surface area contributed by atoms with Crippen LogP contribution in [0.5, 0.6) is 0 Å². The van der Waals surface area contributed by atoms with Crippen molar-refractivity contribution in [1.82, 2.24) is 19.8 Å². The van der Waals surface area contributed by atoms with Gasteiger partial charge in [-0.3, -0.25) is 9.59 Å². The Hall–Kier alpha value is -3.20. The van der Waals surface area contributed by atoms with E-state index in [0.717, 1.165) is 36.1 Å². The fourth-order valence-electron chi connectivity index (χ4n) is 5.47. The number of carboxylic acid groups (broad SMARTS) is 1. The third kappa shape index (κ3) is 5.93. The lowest BCUT2D eigenvalue weighted by Gasteiger charge is -2.28. The van der Waals surface area contributed by atoms with Gasteiger partial charge >= 0.3 is 5.97 Å². The lowest BCUT2D eigenvalue weighted by atomic mass is 10.0. The van der Waals surface area contributed by atoms with Gasteiger partial charge in [-0.1, -0.05) is 33.8 Å². The van der Waals surface area contributed by atoms with Gasteiger partial charge < -0.3 is 19.9 Å². The molecule has 204 valence electrons. The molecule has 0 spiro atoms. The van der Waals surface area contributed by atoms with Crippen molar-refractivity contribution in [2.75, 3.05) is 6.54 Å². The number of carboxylic acids is 1. The Morgan fingerprint density at radius 3 is 2.58 bits per heavy atom. The van der Waals surface area contributed by atoms with Crippen LogP contribution in [-0.4, -0.2) is 56.0 Å². The molecule has 0 radical (unpaired) electrons. The van der Waals surface area contributed by atoms with Crippen molar-refractivity contribution < 1.29 is 19.5 Å². The Morgan fingerprint density at radius 1 is 1.18 bits per heavy atom. The standard InChI is InChI=1S/C29H38N4O4S/c1-5-20(6-2)33-24-12-11-19(16-22(24)30-26(33)17-21-9-8-14-38-21)27(34)31-23(15-18(3)4)28(35)32-13-7-10-25(32)29(36)37/h8-9,11-12,14,16,18,20,23,25H,5-7,10,13,15,17H2,1-4H3,(H,31,34)(H,36,37)/t23-,25-/m0/s1. The maximum atomic E-state index is 13.4. The molecule has 4 rings (SSSR count). The topological polar surface area (TPSA) is 105 Å². The van der Waals surface area contributed by atoms with Crippen LogP contribution in [0.25, 0.3) is 11.0 Å². The van der Waals surface area contributed by atoms with E-state index >= 15 is 0 Å². The van der Waals surface area contributed by atoms with Crippen LogP contribution >= 0.6 is 11.3 Å². The van der Waals surface area contributed by atoms with E-state index in [1.54, 1.807) is 23.5 Å². The van der Waals surface area contributed by atoms with Crippen LogP contribution in [0.3, 0.4) is 0 Å². The van der Waals surface area contributed by atoms with Crippen molar-refractivity contribution in [3.8, 4) is 0 Å². The quantitative estimate of drug-likeness (QED) is 0.346. The maximum absolute atomic E-state index is 13.4. The number of fused-ring (bicyclic) bond motifs is 1. The molecule has 0 saturated carbocycles. The molecular weight excluding hydrogens is 500 g/mol. The van der Waals surface area contributed by atoms with Gasteiger partial charge in [0.1, 0.15) is 17.9 Å². The second kappa shape index (κ2) is 12.1. The second-order valence-electron chi connectivity index (χ2n) is 10.5. The van der Waals surface area contributed by atoms with E-state index in [4.69, 9.17) is 4.98 Å². The molecule has 9 heteroatoms. The SMILES string of the molecule is CCC(CC)n1c(Cc2cccs2)nc2cc(C(=O)N[C@@H](CC(C)C)C(=O)N3CCC[C@H]3C(=O)O)ccc21. The summed E-state index contributed by atoms with van der Waals surface area (Å²) >= 11 is 1.71. The number of aliphatic carboxylic acids is 1. The molecule has 0 unspecified atom stereocenters. The van der Waals surface area contributed by atoms with Gasteiger partial charge in [0.05, 0.1) is 11.0 Å². The minimum absolute atomic E-state index is 0.146. The summed E-state index contributed by atoms with van der Waals surface area (Å²) in [6.07, 6.45) is 4.21. The Balaban J connectivity index is 1.62. The highest BCUT2D eigenvalue weighted by Gasteiger charge is 2.38. The minimum atomic E-state index is -0.998. The predicted octanol–water partition coefficient (Wildman–Crippen LogP) is 5.27. The number of nitrogens with zero attached hydrogens (tertiary/aromatic N) is 3. The van der Waals surface area contributed by atoms with E-state index in [0.29, 0.717) is 37.4 Å². The monoisotopic (exact) mass is 538 g/mol. The number of thiophene rings is 1. The lowest BCUT2D eigenvalue weighted by molar-refractivity contribution is -0.149. The summed E-state index contributed by atoms with van der Waals surface area (Å²) in [5.74, 6) is -0.547. The van der Waals surface area contributed by atoms with Crippen molar-refractivity contribution in [2.24, 2.45) is 5.92 Å². The van der Waals surface area contributed by atoms with E-state index in [1.165, 1.54) is 9.78 Å². The van der Waals surface area contributed by atoms with Crippen LogP contribution in [0.15, 0.2) is 35.7 Å². The Kier molecular flexibility index (Phi) is 8.87. The summed E-state index contributed by atoms with van der Waals surface area (Å²) in [6, 6.07) is 8.40. The molecule has 38 heavy (non-hydrogen) atoms. The molecule has 1 fully saturated rings. The summed E-state index contributed by atoms with van der Waals surface area (Å²) in [5.41, 5.74) is 2.19. The number of benzene rings is 1. The predicted molar refractivity (Wildman–Crippen MR) is 150 cm³/mol. The average molecular weight is 539 g/mol. The zero-order valence-electron chi connectivity index (χ0n) is 22.6. The van der Waals surface area contributed by atoms with Gasteiger partial charge in [0, 0.05) is 29.4 Å². The summed E-state index contributed by atoms with van der Waals surface area (Å²) in [4.78, 5) is 46.0. The highest BCUT2D eigenvalue weighted by molar-refractivity contribution is 7.09. The summed E-state index contributed by atoms with van der Waals surface area (Å²) in [5, 5.41) is 14.5.